The van der Waals surface area contributed by atoms with E-state index in [2.05, 4.69) is 10.6 Å². The number of halogens is 1. The summed E-state index contributed by atoms with van der Waals surface area (Å²) in [5.41, 5.74) is 0.993. The summed E-state index contributed by atoms with van der Waals surface area (Å²) in [4.78, 5) is 0. The molecule has 1 aliphatic rings. The molecule has 1 fully saturated rings. The van der Waals surface area contributed by atoms with Crippen LogP contribution in [0, 0.1) is 0 Å². The number of ether oxygens (including phenoxy) is 1. The van der Waals surface area contributed by atoms with Gasteiger partial charge in [0.2, 0.25) is 0 Å². The number of para-hydroxylation sites is 1. The minimum atomic E-state index is 0.498. The number of hydrogen-bond donors (Lipinski definition) is 2. The zero-order valence-corrected chi connectivity index (χ0v) is 10.9. The summed E-state index contributed by atoms with van der Waals surface area (Å²) in [6.07, 6.45) is 3.53. The maximum Gasteiger partial charge on any atom is 0.160 e. The third kappa shape index (κ3) is 3.27. The summed E-state index contributed by atoms with van der Waals surface area (Å²) in [5.74, 6) is 0.742. The second-order valence-electron chi connectivity index (χ2n) is 4.34. The van der Waals surface area contributed by atoms with Crippen LogP contribution in [0.25, 0.3) is 0 Å². The quantitative estimate of drug-likeness (QED) is 0.870. The maximum absolute atomic E-state index is 6.10. The first-order chi connectivity index (χ1) is 8.31. The minimum absolute atomic E-state index is 0.498. The molecule has 0 bridgehead atoms. The Kier molecular flexibility index (Phi) is 4.51. The van der Waals surface area contributed by atoms with E-state index < -0.39 is 0 Å². The average molecular weight is 255 g/mol. The Labute approximate surface area is 107 Å². The Balaban J connectivity index is 2.09. The van der Waals surface area contributed by atoms with Crippen LogP contribution in [-0.2, 0) is 0 Å². The van der Waals surface area contributed by atoms with Gasteiger partial charge in [0.05, 0.1) is 17.8 Å². The summed E-state index contributed by atoms with van der Waals surface area (Å²) < 4.78 is 5.34. The lowest BCUT2D eigenvalue weighted by molar-refractivity contribution is 0.416. The molecule has 1 atom stereocenters. The van der Waals surface area contributed by atoms with E-state index in [9.17, 15) is 0 Å². The van der Waals surface area contributed by atoms with E-state index in [1.807, 2.05) is 18.2 Å². The molecule has 3 nitrogen and oxygen atoms in total. The van der Waals surface area contributed by atoms with Crippen LogP contribution in [0.1, 0.15) is 19.3 Å². The van der Waals surface area contributed by atoms with E-state index in [1.165, 1.54) is 12.8 Å². The molecule has 0 spiro atoms. The third-order valence-electron chi connectivity index (χ3n) is 3.11. The van der Waals surface area contributed by atoms with Crippen LogP contribution in [0.5, 0.6) is 5.75 Å². The Morgan fingerprint density at radius 2 is 2.24 bits per heavy atom. The van der Waals surface area contributed by atoms with E-state index in [-0.39, 0.29) is 0 Å². The van der Waals surface area contributed by atoms with Gasteiger partial charge in [0.1, 0.15) is 0 Å². The molecule has 0 amide bonds. The van der Waals surface area contributed by atoms with Crippen LogP contribution >= 0.6 is 11.6 Å². The molecule has 1 aromatic carbocycles. The number of nitrogens with one attached hydrogen (secondary N) is 2. The standard InChI is InChI=1S/C13H19ClN2O/c1-17-13-11(14)5-2-6-12(13)16-10-4-3-8-15-9-7-10/h2,5-6,10,15-16H,3-4,7-9H2,1H3. The number of anilines is 1. The van der Waals surface area contributed by atoms with Gasteiger partial charge in [0, 0.05) is 6.04 Å². The van der Waals surface area contributed by atoms with Crippen molar-refractivity contribution in [2.75, 3.05) is 25.5 Å². The van der Waals surface area contributed by atoms with Crippen molar-refractivity contribution in [3.63, 3.8) is 0 Å². The molecular weight excluding hydrogens is 236 g/mol. The van der Waals surface area contributed by atoms with Gasteiger partial charge in [-0.25, -0.2) is 0 Å². The first-order valence-corrected chi connectivity index (χ1v) is 6.49. The van der Waals surface area contributed by atoms with E-state index in [0.717, 1.165) is 30.9 Å². The minimum Gasteiger partial charge on any atom is -0.493 e. The molecule has 1 unspecified atom stereocenters. The van der Waals surface area contributed by atoms with E-state index in [1.54, 1.807) is 7.11 Å². The Morgan fingerprint density at radius 3 is 3.06 bits per heavy atom. The molecule has 4 heteroatoms. The lowest BCUT2D eigenvalue weighted by Gasteiger charge is -2.19. The van der Waals surface area contributed by atoms with Crippen LogP contribution in [0.2, 0.25) is 5.02 Å². The predicted octanol–water partition coefficient (Wildman–Crippen LogP) is 2.90. The second kappa shape index (κ2) is 6.12. The fourth-order valence-electron chi connectivity index (χ4n) is 2.21. The van der Waals surface area contributed by atoms with Gasteiger partial charge in [-0.2, -0.15) is 0 Å². The molecular formula is C13H19ClN2O. The van der Waals surface area contributed by atoms with Crippen molar-refractivity contribution in [3.05, 3.63) is 23.2 Å². The van der Waals surface area contributed by atoms with Crippen LogP contribution in [0.3, 0.4) is 0 Å². The fourth-order valence-corrected chi connectivity index (χ4v) is 2.46. The lowest BCUT2D eigenvalue weighted by atomic mass is 10.1. The van der Waals surface area contributed by atoms with Crippen molar-refractivity contribution < 1.29 is 4.74 Å². The lowest BCUT2D eigenvalue weighted by Crippen LogP contribution is -2.21. The molecule has 1 heterocycles. The van der Waals surface area contributed by atoms with Gasteiger partial charge in [-0.1, -0.05) is 17.7 Å². The SMILES string of the molecule is COc1c(Cl)cccc1NC1CCCNCC1. The molecule has 17 heavy (non-hydrogen) atoms. The molecule has 0 aromatic heterocycles. The van der Waals surface area contributed by atoms with Crippen LogP contribution in [0.15, 0.2) is 18.2 Å². The van der Waals surface area contributed by atoms with Gasteiger partial charge in [-0.3, -0.25) is 0 Å². The highest BCUT2D eigenvalue weighted by molar-refractivity contribution is 6.32. The van der Waals surface area contributed by atoms with Crippen molar-refractivity contribution >= 4 is 17.3 Å². The highest BCUT2D eigenvalue weighted by Gasteiger charge is 2.14. The zero-order valence-electron chi connectivity index (χ0n) is 10.1. The molecule has 0 saturated carbocycles. The molecule has 2 N–H and O–H groups in total. The van der Waals surface area contributed by atoms with Crippen molar-refractivity contribution in [2.24, 2.45) is 0 Å². The van der Waals surface area contributed by atoms with Crippen LogP contribution < -0.4 is 15.4 Å². The normalized spacial score (nSPS) is 20.7. The maximum atomic E-state index is 6.10. The molecule has 1 aliphatic heterocycles. The highest BCUT2D eigenvalue weighted by atomic mass is 35.5. The Hall–Kier alpha value is -0.930. The first-order valence-electron chi connectivity index (χ1n) is 6.11. The summed E-state index contributed by atoms with van der Waals surface area (Å²) >= 11 is 6.10. The summed E-state index contributed by atoms with van der Waals surface area (Å²) in [7, 11) is 1.65. The fraction of sp³-hybridized carbons (Fsp3) is 0.538. The molecule has 94 valence electrons. The summed E-state index contributed by atoms with van der Waals surface area (Å²) in [6.45, 7) is 2.19. The number of methoxy groups -OCH3 is 1. The summed E-state index contributed by atoms with van der Waals surface area (Å²) in [5, 5.41) is 7.59. The van der Waals surface area contributed by atoms with Crippen LogP contribution in [-0.4, -0.2) is 26.2 Å². The number of hydrogen-bond acceptors (Lipinski definition) is 3. The van der Waals surface area contributed by atoms with Gasteiger partial charge < -0.3 is 15.4 Å². The molecule has 0 radical (unpaired) electrons. The summed E-state index contributed by atoms with van der Waals surface area (Å²) in [6, 6.07) is 6.31. The van der Waals surface area contributed by atoms with E-state index in [0.29, 0.717) is 11.1 Å². The Bertz CT molecular complexity index is 362. The highest BCUT2D eigenvalue weighted by Crippen LogP contribution is 2.33. The van der Waals surface area contributed by atoms with Crippen molar-refractivity contribution in [1.29, 1.82) is 0 Å². The van der Waals surface area contributed by atoms with Crippen molar-refractivity contribution in [1.82, 2.24) is 5.32 Å². The first kappa shape index (κ1) is 12.5. The largest absolute Gasteiger partial charge is 0.493 e. The van der Waals surface area contributed by atoms with Gasteiger partial charge in [0.25, 0.3) is 0 Å². The monoisotopic (exact) mass is 254 g/mol. The molecule has 0 aliphatic carbocycles. The predicted molar refractivity (Wildman–Crippen MR) is 72.1 cm³/mol. The van der Waals surface area contributed by atoms with Crippen LogP contribution in [0.4, 0.5) is 5.69 Å². The average Bonchev–Trinajstić information content (AvgIpc) is 2.58. The smallest absolute Gasteiger partial charge is 0.160 e. The number of rotatable bonds is 3. The van der Waals surface area contributed by atoms with E-state index in [4.69, 9.17) is 16.3 Å². The molecule has 1 saturated heterocycles. The topological polar surface area (TPSA) is 33.3 Å². The second-order valence-corrected chi connectivity index (χ2v) is 4.75. The third-order valence-corrected chi connectivity index (χ3v) is 3.40. The number of benzene rings is 1. The van der Waals surface area contributed by atoms with Crippen molar-refractivity contribution in [3.8, 4) is 5.75 Å². The van der Waals surface area contributed by atoms with Gasteiger partial charge >= 0.3 is 0 Å². The van der Waals surface area contributed by atoms with E-state index >= 15 is 0 Å². The van der Waals surface area contributed by atoms with Gasteiger partial charge in [-0.15, -0.1) is 0 Å². The van der Waals surface area contributed by atoms with Crippen molar-refractivity contribution in [2.45, 2.75) is 25.3 Å². The van der Waals surface area contributed by atoms with Gasteiger partial charge in [-0.05, 0) is 44.5 Å². The van der Waals surface area contributed by atoms with Gasteiger partial charge in [0.15, 0.2) is 5.75 Å². The Morgan fingerprint density at radius 1 is 1.35 bits per heavy atom. The zero-order chi connectivity index (χ0) is 12.1. The molecule has 2 rings (SSSR count). The molecule has 1 aromatic rings.